The standard InChI is InChI=1S/C19H22N4O/c1-16-12-22-23(14-16)11-10-21-13-18-4-2-3-5-19(18)24-15-17-6-8-20-9-7-17/h2-9,12,14,21H,10-11,13,15H2,1H3. The number of hydrogen-bond acceptors (Lipinski definition) is 4. The Morgan fingerprint density at radius 1 is 1.12 bits per heavy atom. The minimum Gasteiger partial charge on any atom is -0.489 e. The van der Waals surface area contributed by atoms with Gasteiger partial charge in [-0.15, -0.1) is 0 Å². The number of rotatable bonds is 8. The first-order valence-electron chi connectivity index (χ1n) is 8.10. The molecule has 5 nitrogen and oxygen atoms in total. The van der Waals surface area contributed by atoms with E-state index in [4.69, 9.17) is 4.74 Å². The van der Waals surface area contributed by atoms with Crippen LogP contribution in [0.3, 0.4) is 0 Å². The number of para-hydroxylation sites is 1. The fourth-order valence-corrected chi connectivity index (χ4v) is 2.44. The summed E-state index contributed by atoms with van der Waals surface area (Å²) in [6, 6.07) is 12.1. The summed E-state index contributed by atoms with van der Waals surface area (Å²) in [7, 11) is 0. The van der Waals surface area contributed by atoms with Crippen molar-refractivity contribution >= 4 is 0 Å². The van der Waals surface area contributed by atoms with Crippen LogP contribution in [-0.2, 0) is 19.7 Å². The van der Waals surface area contributed by atoms with Gasteiger partial charge in [0, 0.05) is 37.2 Å². The molecule has 0 bridgehead atoms. The zero-order chi connectivity index (χ0) is 16.6. The molecule has 0 spiro atoms. The van der Waals surface area contributed by atoms with Gasteiger partial charge in [0.1, 0.15) is 12.4 Å². The summed E-state index contributed by atoms with van der Waals surface area (Å²) < 4.78 is 7.91. The molecular weight excluding hydrogens is 300 g/mol. The van der Waals surface area contributed by atoms with Crippen molar-refractivity contribution in [1.82, 2.24) is 20.1 Å². The van der Waals surface area contributed by atoms with E-state index in [1.54, 1.807) is 12.4 Å². The van der Waals surface area contributed by atoms with E-state index in [0.717, 1.165) is 36.5 Å². The van der Waals surface area contributed by atoms with E-state index in [1.807, 2.05) is 54.3 Å². The first-order chi connectivity index (χ1) is 11.8. The van der Waals surface area contributed by atoms with Crippen molar-refractivity contribution < 1.29 is 4.74 Å². The molecule has 0 unspecified atom stereocenters. The maximum atomic E-state index is 5.96. The third kappa shape index (κ3) is 4.67. The zero-order valence-electron chi connectivity index (χ0n) is 13.9. The molecule has 0 saturated carbocycles. The van der Waals surface area contributed by atoms with E-state index < -0.39 is 0 Å². The lowest BCUT2D eigenvalue weighted by atomic mass is 10.2. The van der Waals surface area contributed by atoms with Crippen LogP contribution in [0, 0.1) is 6.92 Å². The normalized spacial score (nSPS) is 10.7. The lowest BCUT2D eigenvalue weighted by molar-refractivity contribution is 0.302. The lowest BCUT2D eigenvalue weighted by Gasteiger charge is -2.12. The Balaban J connectivity index is 1.50. The molecule has 0 amide bonds. The molecule has 0 aliphatic carbocycles. The minimum absolute atomic E-state index is 0.548. The Morgan fingerprint density at radius 2 is 1.96 bits per heavy atom. The highest BCUT2D eigenvalue weighted by atomic mass is 16.5. The van der Waals surface area contributed by atoms with Gasteiger partial charge in [-0.25, -0.2) is 0 Å². The predicted octanol–water partition coefficient (Wildman–Crippen LogP) is 2.96. The summed E-state index contributed by atoms with van der Waals surface area (Å²) >= 11 is 0. The number of nitrogens with zero attached hydrogens (tertiary/aromatic N) is 3. The average Bonchev–Trinajstić information content (AvgIpc) is 3.04. The minimum atomic E-state index is 0.548. The van der Waals surface area contributed by atoms with Crippen molar-refractivity contribution in [2.75, 3.05) is 6.54 Å². The summed E-state index contributed by atoms with van der Waals surface area (Å²) in [5, 5.41) is 7.73. The van der Waals surface area contributed by atoms with E-state index in [1.165, 1.54) is 5.56 Å². The lowest BCUT2D eigenvalue weighted by Crippen LogP contribution is -2.20. The molecule has 0 radical (unpaired) electrons. The third-order valence-corrected chi connectivity index (χ3v) is 3.71. The molecule has 1 aromatic carbocycles. The third-order valence-electron chi connectivity index (χ3n) is 3.71. The summed E-state index contributed by atoms with van der Waals surface area (Å²) in [4.78, 5) is 4.02. The molecular formula is C19H22N4O. The number of pyridine rings is 1. The van der Waals surface area contributed by atoms with Crippen molar-refractivity contribution in [3.8, 4) is 5.75 Å². The van der Waals surface area contributed by atoms with Crippen LogP contribution in [0.4, 0.5) is 0 Å². The van der Waals surface area contributed by atoms with Gasteiger partial charge in [0.2, 0.25) is 0 Å². The van der Waals surface area contributed by atoms with Gasteiger partial charge < -0.3 is 10.1 Å². The van der Waals surface area contributed by atoms with Crippen LogP contribution >= 0.6 is 0 Å². The van der Waals surface area contributed by atoms with Crippen LogP contribution in [0.15, 0.2) is 61.2 Å². The zero-order valence-corrected chi connectivity index (χ0v) is 13.9. The van der Waals surface area contributed by atoms with Crippen LogP contribution in [0.25, 0.3) is 0 Å². The van der Waals surface area contributed by atoms with Gasteiger partial charge in [-0.2, -0.15) is 5.10 Å². The number of ether oxygens (including phenoxy) is 1. The molecule has 5 heteroatoms. The largest absolute Gasteiger partial charge is 0.489 e. The number of nitrogens with one attached hydrogen (secondary N) is 1. The molecule has 0 atom stereocenters. The SMILES string of the molecule is Cc1cnn(CCNCc2ccccc2OCc2ccncc2)c1. The molecule has 1 N–H and O–H groups in total. The number of hydrogen-bond donors (Lipinski definition) is 1. The van der Waals surface area contributed by atoms with Gasteiger partial charge >= 0.3 is 0 Å². The van der Waals surface area contributed by atoms with E-state index in [-0.39, 0.29) is 0 Å². The Labute approximate surface area is 142 Å². The molecule has 24 heavy (non-hydrogen) atoms. The van der Waals surface area contributed by atoms with Crippen molar-refractivity contribution in [2.45, 2.75) is 26.6 Å². The highest BCUT2D eigenvalue weighted by Gasteiger charge is 2.03. The second-order valence-electron chi connectivity index (χ2n) is 5.71. The van der Waals surface area contributed by atoms with Crippen LogP contribution in [0.2, 0.25) is 0 Å². The van der Waals surface area contributed by atoms with Crippen LogP contribution in [-0.4, -0.2) is 21.3 Å². The van der Waals surface area contributed by atoms with Crippen LogP contribution in [0.1, 0.15) is 16.7 Å². The molecule has 3 rings (SSSR count). The Bertz CT molecular complexity index is 755. The van der Waals surface area contributed by atoms with E-state index in [0.29, 0.717) is 6.61 Å². The number of aromatic nitrogens is 3. The Morgan fingerprint density at radius 3 is 2.75 bits per heavy atom. The highest BCUT2D eigenvalue weighted by Crippen LogP contribution is 2.19. The van der Waals surface area contributed by atoms with E-state index >= 15 is 0 Å². The predicted molar refractivity (Wildman–Crippen MR) is 93.7 cm³/mol. The monoisotopic (exact) mass is 322 g/mol. The average molecular weight is 322 g/mol. The van der Waals surface area contributed by atoms with Crippen molar-refractivity contribution in [1.29, 1.82) is 0 Å². The van der Waals surface area contributed by atoms with Gasteiger partial charge in [-0.3, -0.25) is 9.67 Å². The van der Waals surface area contributed by atoms with Gasteiger partial charge in [0.15, 0.2) is 0 Å². The summed E-state index contributed by atoms with van der Waals surface area (Å²) in [5.41, 5.74) is 3.45. The summed E-state index contributed by atoms with van der Waals surface area (Å²) in [6.07, 6.45) is 7.49. The smallest absolute Gasteiger partial charge is 0.124 e. The number of benzene rings is 1. The van der Waals surface area contributed by atoms with Crippen molar-refractivity contribution in [3.63, 3.8) is 0 Å². The summed E-state index contributed by atoms with van der Waals surface area (Å²) in [6.45, 7) is 5.08. The summed E-state index contributed by atoms with van der Waals surface area (Å²) in [5.74, 6) is 0.914. The van der Waals surface area contributed by atoms with E-state index in [2.05, 4.69) is 21.5 Å². The molecule has 2 aromatic heterocycles. The second-order valence-corrected chi connectivity index (χ2v) is 5.71. The van der Waals surface area contributed by atoms with Gasteiger partial charge in [-0.1, -0.05) is 18.2 Å². The van der Waals surface area contributed by atoms with Gasteiger partial charge in [-0.05, 0) is 36.2 Å². The Hall–Kier alpha value is -2.66. The van der Waals surface area contributed by atoms with E-state index in [9.17, 15) is 0 Å². The first kappa shape index (κ1) is 16.2. The molecule has 2 heterocycles. The first-order valence-corrected chi connectivity index (χ1v) is 8.10. The van der Waals surface area contributed by atoms with Crippen LogP contribution < -0.4 is 10.1 Å². The molecule has 124 valence electrons. The topological polar surface area (TPSA) is 52.0 Å². The fraction of sp³-hybridized carbons (Fsp3) is 0.263. The van der Waals surface area contributed by atoms with Crippen molar-refractivity contribution in [3.05, 3.63) is 77.9 Å². The second kappa shape index (κ2) is 8.26. The highest BCUT2D eigenvalue weighted by molar-refractivity contribution is 5.33. The molecule has 0 aliphatic heterocycles. The van der Waals surface area contributed by atoms with Crippen molar-refractivity contribution in [2.24, 2.45) is 0 Å². The molecule has 0 aliphatic rings. The maximum Gasteiger partial charge on any atom is 0.124 e. The van der Waals surface area contributed by atoms with Gasteiger partial charge in [0.25, 0.3) is 0 Å². The van der Waals surface area contributed by atoms with Gasteiger partial charge in [0.05, 0.1) is 12.7 Å². The molecule has 3 aromatic rings. The molecule has 0 saturated heterocycles. The fourth-order valence-electron chi connectivity index (χ4n) is 2.44. The quantitative estimate of drug-likeness (QED) is 0.648. The van der Waals surface area contributed by atoms with Crippen LogP contribution in [0.5, 0.6) is 5.75 Å². The Kier molecular flexibility index (Phi) is 5.58. The maximum absolute atomic E-state index is 5.96. The molecule has 0 fully saturated rings. The number of aryl methyl sites for hydroxylation is 1.